The van der Waals surface area contributed by atoms with Crippen molar-refractivity contribution in [3.05, 3.63) is 53.9 Å². The molecule has 4 rings (SSSR count). The molecule has 10 heteroatoms. The number of hydrogen-bond donors (Lipinski definition) is 1. The Morgan fingerprint density at radius 2 is 1.95 bits per heavy atom. The number of nitrogens with zero attached hydrogens (tertiary/aromatic N) is 5. The summed E-state index contributed by atoms with van der Waals surface area (Å²) in [5.74, 6) is 0.469. The molecule has 0 aliphatic carbocycles. The third kappa shape index (κ3) is 6.50. The number of aryl methyl sites for hydroxylation is 1. The average molecular weight is 511 g/mol. The van der Waals surface area contributed by atoms with Crippen molar-refractivity contribution in [2.24, 2.45) is 12.1 Å². The van der Waals surface area contributed by atoms with Crippen LogP contribution in [0.4, 0.5) is 4.79 Å². The van der Waals surface area contributed by atoms with Crippen molar-refractivity contribution in [1.82, 2.24) is 24.7 Å². The van der Waals surface area contributed by atoms with Crippen molar-refractivity contribution in [1.29, 1.82) is 0 Å². The molecule has 0 saturated carbocycles. The van der Waals surface area contributed by atoms with E-state index in [1.54, 1.807) is 12.0 Å². The molecule has 3 amide bonds. The van der Waals surface area contributed by atoms with Crippen LogP contribution in [-0.2, 0) is 16.6 Å². The number of amides is 3. The van der Waals surface area contributed by atoms with Crippen LogP contribution in [0, 0.1) is 0 Å². The number of morpholine rings is 1. The van der Waals surface area contributed by atoms with E-state index >= 15 is 0 Å². The van der Waals surface area contributed by atoms with E-state index in [1.165, 1.54) is 5.01 Å². The summed E-state index contributed by atoms with van der Waals surface area (Å²) < 4.78 is 13.1. The highest BCUT2D eigenvalue weighted by Crippen LogP contribution is 2.37. The summed E-state index contributed by atoms with van der Waals surface area (Å²) in [6, 6.07) is 11.0. The van der Waals surface area contributed by atoms with Crippen LogP contribution < -0.4 is 10.1 Å². The molecule has 2 aliphatic rings. The van der Waals surface area contributed by atoms with E-state index in [4.69, 9.17) is 14.6 Å². The summed E-state index contributed by atoms with van der Waals surface area (Å²) in [6.07, 6.45) is 2.51. The fourth-order valence-electron chi connectivity index (χ4n) is 4.75. The number of methoxy groups -OCH3 is 1. The number of carbonyl (C=O) groups excluding carboxylic acids is 2. The monoisotopic (exact) mass is 510 g/mol. The van der Waals surface area contributed by atoms with Crippen LogP contribution >= 0.6 is 0 Å². The molecule has 1 aromatic heterocycles. The molecular formula is C27H38N6O4. The Labute approximate surface area is 218 Å². The van der Waals surface area contributed by atoms with Gasteiger partial charge in [0, 0.05) is 57.4 Å². The van der Waals surface area contributed by atoms with Gasteiger partial charge in [-0.2, -0.15) is 5.10 Å². The third-order valence-electron chi connectivity index (χ3n) is 6.72. The number of urea groups is 1. The van der Waals surface area contributed by atoms with E-state index in [9.17, 15) is 9.59 Å². The van der Waals surface area contributed by atoms with Crippen molar-refractivity contribution in [2.75, 3.05) is 53.0 Å². The van der Waals surface area contributed by atoms with Crippen LogP contribution in [0.3, 0.4) is 0 Å². The summed E-state index contributed by atoms with van der Waals surface area (Å²) >= 11 is 0. The Morgan fingerprint density at radius 1 is 1.19 bits per heavy atom. The first kappa shape index (κ1) is 26.7. The minimum atomic E-state index is -0.331. The predicted molar refractivity (Wildman–Crippen MR) is 142 cm³/mol. The molecule has 1 N–H and O–H groups in total. The van der Waals surface area contributed by atoms with Crippen LogP contribution in [0.2, 0.25) is 0 Å². The van der Waals surface area contributed by atoms with Crippen LogP contribution in [-0.4, -0.2) is 96.1 Å². The molecule has 200 valence electrons. The lowest BCUT2D eigenvalue weighted by Gasteiger charge is -2.31. The van der Waals surface area contributed by atoms with Gasteiger partial charge < -0.3 is 24.3 Å². The zero-order chi connectivity index (χ0) is 26.4. The molecule has 3 heterocycles. The number of benzene rings is 1. The van der Waals surface area contributed by atoms with Crippen LogP contribution in [0.25, 0.3) is 0 Å². The normalized spacial score (nSPS) is 18.1. The lowest BCUT2D eigenvalue weighted by Crippen LogP contribution is -2.50. The molecule has 37 heavy (non-hydrogen) atoms. The van der Waals surface area contributed by atoms with Gasteiger partial charge in [0.2, 0.25) is 0 Å². The van der Waals surface area contributed by atoms with Gasteiger partial charge >= 0.3 is 6.03 Å². The van der Waals surface area contributed by atoms with Gasteiger partial charge in [-0.3, -0.25) is 9.69 Å². The molecule has 2 aliphatic heterocycles. The van der Waals surface area contributed by atoms with Gasteiger partial charge in [0.05, 0.1) is 37.8 Å². The molecule has 1 atom stereocenters. The van der Waals surface area contributed by atoms with E-state index in [0.717, 1.165) is 30.1 Å². The molecule has 1 saturated heterocycles. The van der Waals surface area contributed by atoms with E-state index in [-0.39, 0.29) is 30.6 Å². The highest BCUT2D eigenvalue weighted by molar-refractivity contribution is 6.02. The molecule has 10 nitrogen and oxygen atoms in total. The van der Waals surface area contributed by atoms with Crippen molar-refractivity contribution < 1.29 is 19.1 Å². The Hall–Kier alpha value is -3.37. The highest BCUT2D eigenvalue weighted by atomic mass is 16.5. The first-order chi connectivity index (χ1) is 17.9. The van der Waals surface area contributed by atoms with Gasteiger partial charge in [0.1, 0.15) is 12.3 Å². The number of nitrogens with one attached hydrogen (secondary N) is 1. The molecule has 0 unspecified atom stereocenters. The van der Waals surface area contributed by atoms with Gasteiger partial charge in [0.15, 0.2) is 0 Å². The molecule has 0 bridgehead atoms. The molecule has 0 spiro atoms. The van der Waals surface area contributed by atoms with Gasteiger partial charge in [0.25, 0.3) is 5.91 Å². The second-order valence-electron chi connectivity index (χ2n) is 9.73. The maximum Gasteiger partial charge on any atom is 0.318 e. The zero-order valence-corrected chi connectivity index (χ0v) is 22.2. The Kier molecular flexibility index (Phi) is 8.83. The highest BCUT2D eigenvalue weighted by Gasteiger charge is 2.36. The second kappa shape index (κ2) is 12.2. The van der Waals surface area contributed by atoms with Crippen LogP contribution in [0.15, 0.2) is 47.7 Å². The second-order valence-corrected chi connectivity index (χ2v) is 9.73. The summed E-state index contributed by atoms with van der Waals surface area (Å²) in [5.41, 5.74) is 2.66. The van der Waals surface area contributed by atoms with Crippen LogP contribution in [0.1, 0.15) is 37.6 Å². The summed E-state index contributed by atoms with van der Waals surface area (Å²) in [7, 11) is 3.59. The largest absolute Gasteiger partial charge is 0.496 e. The number of rotatable bonds is 9. The number of ether oxygens (including phenoxy) is 2. The average Bonchev–Trinajstić information content (AvgIpc) is 3.52. The quantitative estimate of drug-likeness (QED) is 0.560. The minimum absolute atomic E-state index is 0.0384. The summed E-state index contributed by atoms with van der Waals surface area (Å²) in [4.78, 5) is 30.7. The molecule has 1 aromatic carbocycles. The number of hydrazone groups is 1. The molecular weight excluding hydrogens is 472 g/mol. The van der Waals surface area contributed by atoms with E-state index < -0.39 is 0 Å². The topological polar surface area (TPSA) is 91.6 Å². The number of carbonyl (C=O) groups is 2. The minimum Gasteiger partial charge on any atom is -0.496 e. The number of aromatic nitrogens is 1. The third-order valence-corrected chi connectivity index (χ3v) is 6.72. The Bertz CT molecular complexity index is 1110. The first-order valence-corrected chi connectivity index (χ1v) is 12.9. The zero-order valence-electron chi connectivity index (χ0n) is 22.2. The SMILES string of the molecule is COc1ccccc1[C@@H]1CC(c2cccn2C)=NN1C(=O)CN(CCN1CCOCC1)C(=O)NC(C)C. The number of hydrogen-bond acceptors (Lipinski definition) is 6. The summed E-state index contributed by atoms with van der Waals surface area (Å²) in [6.45, 7) is 7.87. The molecule has 0 radical (unpaired) electrons. The maximum absolute atomic E-state index is 13.8. The smallest absolute Gasteiger partial charge is 0.318 e. The van der Waals surface area contributed by atoms with Gasteiger partial charge in [-0.05, 0) is 32.0 Å². The molecule has 1 fully saturated rings. The van der Waals surface area contributed by atoms with Crippen molar-refractivity contribution in [2.45, 2.75) is 32.4 Å². The van der Waals surface area contributed by atoms with E-state index in [1.807, 2.05) is 68.1 Å². The fraction of sp³-hybridized carbons (Fsp3) is 0.519. The van der Waals surface area contributed by atoms with Crippen LogP contribution in [0.5, 0.6) is 5.75 Å². The number of para-hydroxylation sites is 1. The fourth-order valence-corrected chi connectivity index (χ4v) is 4.75. The standard InChI is InChI=1S/C27H38N6O4/c1-20(2)28-27(35)32(13-12-31-14-16-37-17-15-31)19-26(34)33-24(21-8-5-6-10-25(21)36-4)18-22(29-33)23-9-7-11-30(23)3/h5-11,20,24H,12-19H2,1-4H3,(H,28,35)/t24-/m0/s1. The van der Waals surface area contributed by atoms with Crippen molar-refractivity contribution in [3.8, 4) is 5.75 Å². The lowest BCUT2D eigenvalue weighted by molar-refractivity contribution is -0.133. The van der Waals surface area contributed by atoms with Gasteiger partial charge in [-0.25, -0.2) is 9.80 Å². The Morgan fingerprint density at radius 3 is 2.62 bits per heavy atom. The summed E-state index contributed by atoms with van der Waals surface area (Å²) in [5, 5.41) is 9.26. The van der Waals surface area contributed by atoms with E-state index in [0.29, 0.717) is 38.5 Å². The molecule has 2 aromatic rings. The predicted octanol–water partition coefficient (Wildman–Crippen LogP) is 2.46. The first-order valence-electron chi connectivity index (χ1n) is 12.9. The van der Waals surface area contributed by atoms with Gasteiger partial charge in [-0.1, -0.05) is 18.2 Å². The maximum atomic E-state index is 13.8. The Balaban J connectivity index is 1.58. The van der Waals surface area contributed by atoms with E-state index in [2.05, 4.69) is 10.2 Å². The van der Waals surface area contributed by atoms with Gasteiger partial charge in [-0.15, -0.1) is 0 Å². The lowest BCUT2D eigenvalue weighted by atomic mass is 9.99. The van der Waals surface area contributed by atoms with Crippen molar-refractivity contribution in [3.63, 3.8) is 0 Å². The van der Waals surface area contributed by atoms with Crippen molar-refractivity contribution >= 4 is 17.6 Å².